The van der Waals surface area contributed by atoms with Crippen molar-refractivity contribution in [1.82, 2.24) is 4.90 Å². The van der Waals surface area contributed by atoms with Gasteiger partial charge in [-0.15, -0.1) is 13.2 Å². The number of nitrogens with zero attached hydrogens (tertiary/aromatic N) is 2. The van der Waals surface area contributed by atoms with Crippen LogP contribution in [0.5, 0.6) is 0 Å². The number of hydrogen-bond acceptors (Lipinski definition) is 6. The van der Waals surface area contributed by atoms with Gasteiger partial charge in [0.1, 0.15) is 11.6 Å². The molecular formula is C32H35ClN2O6. The summed E-state index contributed by atoms with van der Waals surface area (Å²) in [6.07, 6.45) is 5.12. The van der Waals surface area contributed by atoms with E-state index in [9.17, 15) is 19.5 Å². The maximum absolute atomic E-state index is 14.6. The summed E-state index contributed by atoms with van der Waals surface area (Å²) < 4.78 is 12.1. The molecule has 2 aromatic rings. The first kappa shape index (κ1) is 29.0. The molecule has 3 aliphatic heterocycles. The van der Waals surface area contributed by atoms with Crippen LogP contribution < -0.4 is 4.90 Å². The highest BCUT2D eigenvalue weighted by molar-refractivity contribution is 6.30. The van der Waals surface area contributed by atoms with Gasteiger partial charge in [0.2, 0.25) is 5.91 Å². The zero-order chi connectivity index (χ0) is 29.1. The van der Waals surface area contributed by atoms with Crippen molar-refractivity contribution in [3.8, 4) is 0 Å². The SMILES string of the molecule is C=CCCCOC(=O)[C@@H]1[C@@H]2CCC3(O2)C(C(=O)N(CC=C)c2ccc(Cl)cc2)N([C@H](CO)c2ccccc2)C(=O)[C@H]13. The van der Waals surface area contributed by atoms with Gasteiger partial charge in [-0.25, -0.2) is 0 Å². The third-order valence-corrected chi connectivity index (χ3v) is 8.70. The number of hydrogen-bond donors (Lipinski definition) is 1. The number of carbonyl (C=O) groups excluding carboxylic acids is 3. The molecule has 3 fully saturated rings. The minimum atomic E-state index is -1.24. The number of aliphatic hydroxyl groups is 1. The second-order valence-corrected chi connectivity index (χ2v) is 11.2. The van der Waals surface area contributed by atoms with E-state index in [0.29, 0.717) is 42.0 Å². The van der Waals surface area contributed by atoms with Crippen LogP contribution in [0.15, 0.2) is 79.9 Å². The number of unbranched alkanes of at least 4 members (excludes halogenated alkanes) is 1. The molecule has 0 saturated carbocycles. The molecule has 0 radical (unpaired) electrons. The summed E-state index contributed by atoms with van der Waals surface area (Å²) in [6, 6.07) is 14.0. The molecule has 3 heterocycles. The highest BCUT2D eigenvalue weighted by Crippen LogP contribution is 2.60. The Balaban J connectivity index is 1.58. The van der Waals surface area contributed by atoms with Gasteiger partial charge in [-0.3, -0.25) is 14.4 Å². The molecule has 6 atom stereocenters. The number of allylic oxidation sites excluding steroid dienone is 1. The summed E-state index contributed by atoms with van der Waals surface area (Å²) in [4.78, 5) is 45.4. The van der Waals surface area contributed by atoms with Gasteiger partial charge in [-0.05, 0) is 55.5 Å². The van der Waals surface area contributed by atoms with Crippen LogP contribution in [0, 0.1) is 11.8 Å². The highest BCUT2D eigenvalue weighted by Gasteiger charge is 2.75. The lowest BCUT2D eigenvalue weighted by molar-refractivity contribution is -0.156. The van der Waals surface area contributed by atoms with Crippen molar-refractivity contribution in [3.63, 3.8) is 0 Å². The maximum Gasteiger partial charge on any atom is 0.312 e. The number of ether oxygens (including phenoxy) is 2. The van der Waals surface area contributed by atoms with Crippen LogP contribution in [0.2, 0.25) is 5.02 Å². The molecule has 9 heteroatoms. The Labute approximate surface area is 245 Å². The van der Waals surface area contributed by atoms with Crippen molar-refractivity contribution >= 4 is 35.1 Å². The van der Waals surface area contributed by atoms with Gasteiger partial charge in [0, 0.05) is 17.3 Å². The topological polar surface area (TPSA) is 96.4 Å². The maximum atomic E-state index is 14.6. The molecule has 2 aromatic carbocycles. The van der Waals surface area contributed by atoms with E-state index in [1.54, 1.807) is 41.3 Å². The van der Waals surface area contributed by atoms with Crippen molar-refractivity contribution in [1.29, 1.82) is 0 Å². The van der Waals surface area contributed by atoms with Gasteiger partial charge in [-0.2, -0.15) is 0 Å². The third kappa shape index (κ3) is 5.09. The summed E-state index contributed by atoms with van der Waals surface area (Å²) in [5.41, 5.74) is 0.0208. The minimum Gasteiger partial charge on any atom is -0.465 e. The number of halogens is 1. The summed E-state index contributed by atoms with van der Waals surface area (Å²) in [7, 11) is 0. The Hall–Kier alpha value is -3.46. The molecule has 2 bridgehead atoms. The number of esters is 1. The Kier molecular flexibility index (Phi) is 8.63. The molecule has 3 saturated heterocycles. The standard InChI is InChI=1S/C32H35ClN2O6/c1-3-5-9-19-40-31(39)26-25-16-17-32(41-25)27(26)29(37)35(24(20-36)21-10-7-6-8-11-21)28(32)30(38)34(18-4-2)23-14-12-22(33)13-15-23/h3-4,6-8,10-15,24-28,36H,1-2,5,9,16-20H2/t24-,25+,26-,27+,28?,32?/m1/s1. The van der Waals surface area contributed by atoms with E-state index in [1.807, 2.05) is 30.3 Å². The average molecular weight is 579 g/mol. The Morgan fingerprint density at radius 3 is 2.56 bits per heavy atom. The van der Waals surface area contributed by atoms with Gasteiger partial charge in [0.15, 0.2) is 0 Å². The van der Waals surface area contributed by atoms with E-state index < -0.39 is 54.1 Å². The molecule has 41 heavy (non-hydrogen) atoms. The van der Waals surface area contributed by atoms with Gasteiger partial charge in [0.25, 0.3) is 5.91 Å². The lowest BCUT2D eigenvalue weighted by Gasteiger charge is -2.39. The lowest BCUT2D eigenvalue weighted by atomic mass is 9.70. The number of carbonyl (C=O) groups is 3. The van der Waals surface area contributed by atoms with E-state index in [-0.39, 0.29) is 19.1 Å². The predicted octanol–water partition coefficient (Wildman–Crippen LogP) is 4.48. The molecule has 0 aliphatic carbocycles. The van der Waals surface area contributed by atoms with E-state index in [0.717, 1.165) is 0 Å². The van der Waals surface area contributed by atoms with Crippen LogP contribution in [0.1, 0.15) is 37.3 Å². The summed E-state index contributed by atoms with van der Waals surface area (Å²) in [6.45, 7) is 7.50. The first-order valence-corrected chi connectivity index (χ1v) is 14.4. The molecule has 5 rings (SSSR count). The van der Waals surface area contributed by atoms with Crippen LogP contribution in [0.3, 0.4) is 0 Å². The van der Waals surface area contributed by atoms with Crippen LogP contribution in [0.25, 0.3) is 0 Å². The highest BCUT2D eigenvalue weighted by atomic mass is 35.5. The van der Waals surface area contributed by atoms with E-state index in [2.05, 4.69) is 13.2 Å². The monoisotopic (exact) mass is 578 g/mol. The Morgan fingerprint density at radius 2 is 1.90 bits per heavy atom. The zero-order valence-electron chi connectivity index (χ0n) is 22.9. The number of likely N-dealkylation sites (tertiary alicyclic amines) is 1. The van der Waals surface area contributed by atoms with Crippen molar-refractivity contribution in [3.05, 3.63) is 90.5 Å². The fourth-order valence-corrected chi connectivity index (χ4v) is 6.85. The minimum absolute atomic E-state index is 0.174. The van der Waals surface area contributed by atoms with Gasteiger partial charge < -0.3 is 24.4 Å². The molecular weight excluding hydrogens is 544 g/mol. The number of benzene rings is 2. The molecule has 3 aliphatic rings. The summed E-state index contributed by atoms with van der Waals surface area (Å²) in [5.74, 6) is -3.00. The van der Waals surface area contributed by atoms with Crippen molar-refractivity contribution in [2.45, 2.75) is 49.5 Å². The molecule has 216 valence electrons. The van der Waals surface area contributed by atoms with Crippen LogP contribution in [-0.2, 0) is 23.9 Å². The fraction of sp³-hybridized carbons (Fsp3) is 0.406. The van der Waals surface area contributed by atoms with Crippen LogP contribution in [0.4, 0.5) is 5.69 Å². The largest absolute Gasteiger partial charge is 0.465 e. The fourth-order valence-electron chi connectivity index (χ4n) is 6.72. The molecule has 2 unspecified atom stereocenters. The lowest BCUT2D eigenvalue weighted by Crippen LogP contribution is -2.57. The number of amides is 2. The molecule has 0 aromatic heterocycles. The number of fused-ring (bicyclic) bond motifs is 1. The second kappa shape index (κ2) is 12.2. The molecule has 1 spiro atoms. The van der Waals surface area contributed by atoms with E-state index in [1.165, 1.54) is 4.90 Å². The van der Waals surface area contributed by atoms with Crippen molar-refractivity contribution in [2.75, 3.05) is 24.7 Å². The number of anilines is 1. The van der Waals surface area contributed by atoms with Crippen molar-refractivity contribution < 1.29 is 29.0 Å². The second-order valence-electron chi connectivity index (χ2n) is 10.7. The third-order valence-electron chi connectivity index (χ3n) is 8.45. The zero-order valence-corrected chi connectivity index (χ0v) is 23.6. The normalized spacial score (nSPS) is 26.9. The van der Waals surface area contributed by atoms with Crippen LogP contribution in [-0.4, -0.2) is 65.3 Å². The first-order chi connectivity index (χ1) is 19.9. The number of aliphatic hydroxyl groups excluding tert-OH is 1. The molecule has 2 amide bonds. The summed E-state index contributed by atoms with van der Waals surface area (Å²) >= 11 is 6.12. The molecule has 8 nitrogen and oxygen atoms in total. The quantitative estimate of drug-likeness (QED) is 0.227. The van der Waals surface area contributed by atoms with Gasteiger partial charge >= 0.3 is 5.97 Å². The van der Waals surface area contributed by atoms with E-state index in [4.69, 9.17) is 21.1 Å². The molecule has 1 N–H and O–H groups in total. The smallest absolute Gasteiger partial charge is 0.312 e. The van der Waals surface area contributed by atoms with Crippen molar-refractivity contribution in [2.24, 2.45) is 11.8 Å². The Bertz CT molecular complexity index is 1300. The number of rotatable bonds is 12. The first-order valence-electron chi connectivity index (χ1n) is 14.0. The van der Waals surface area contributed by atoms with Gasteiger partial charge in [0.05, 0.1) is 37.2 Å². The summed E-state index contributed by atoms with van der Waals surface area (Å²) in [5, 5.41) is 11.1. The van der Waals surface area contributed by atoms with Crippen LogP contribution >= 0.6 is 11.6 Å². The average Bonchev–Trinajstić information content (AvgIpc) is 3.63. The Morgan fingerprint density at radius 1 is 1.17 bits per heavy atom. The predicted molar refractivity (Wildman–Crippen MR) is 155 cm³/mol. The van der Waals surface area contributed by atoms with E-state index >= 15 is 0 Å². The van der Waals surface area contributed by atoms with Gasteiger partial charge in [-0.1, -0.05) is 54.1 Å².